The van der Waals surface area contributed by atoms with Gasteiger partial charge in [-0.25, -0.2) is 4.79 Å². The molecular formula is C22H23NO5. The summed E-state index contributed by atoms with van der Waals surface area (Å²) in [6.45, 7) is -0.347. The molecule has 2 aromatic rings. The normalized spacial score (nSPS) is 12.5. The van der Waals surface area contributed by atoms with E-state index in [1.807, 2.05) is 18.2 Å². The number of amides is 1. The van der Waals surface area contributed by atoms with Gasteiger partial charge in [-0.1, -0.05) is 6.07 Å². The Morgan fingerprint density at radius 2 is 1.86 bits per heavy atom. The molecule has 0 unspecified atom stereocenters. The van der Waals surface area contributed by atoms with Gasteiger partial charge >= 0.3 is 5.97 Å². The number of anilines is 1. The minimum absolute atomic E-state index is 0.347. The van der Waals surface area contributed by atoms with Crippen molar-refractivity contribution in [1.29, 1.82) is 0 Å². The van der Waals surface area contributed by atoms with Gasteiger partial charge in [-0.2, -0.15) is 0 Å². The largest absolute Gasteiger partial charge is 0.497 e. The number of carbonyl (C=O) groups is 2. The van der Waals surface area contributed by atoms with Gasteiger partial charge in [0.25, 0.3) is 5.91 Å². The number of hydrogen-bond donors (Lipinski definition) is 1. The van der Waals surface area contributed by atoms with Crippen molar-refractivity contribution < 1.29 is 23.8 Å². The van der Waals surface area contributed by atoms with Crippen LogP contribution in [0.15, 0.2) is 42.5 Å². The molecule has 146 valence electrons. The Hall–Kier alpha value is -3.28. The van der Waals surface area contributed by atoms with Crippen LogP contribution in [0.1, 0.15) is 23.1 Å². The lowest BCUT2D eigenvalue weighted by Crippen LogP contribution is -2.20. The van der Waals surface area contributed by atoms with Crippen molar-refractivity contribution in [3.8, 4) is 11.5 Å². The molecule has 28 heavy (non-hydrogen) atoms. The minimum Gasteiger partial charge on any atom is -0.497 e. The maximum Gasteiger partial charge on any atom is 0.331 e. The van der Waals surface area contributed by atoms with E-state index in [0.717, 1.165) is 24.9 Å². The van der Waals surface area contributed by atoms with Gasteiger partial charge in [-0.3, -0.25) is 4.79 Å². The highest BCUT2D eigenvalue weighted by molar-refractivity contribution is 5.94. The standard InChI is InChI=1S/C22H23NO5/c1-26-19-10-7-16(20(13-19)27-2)8-11-22(25)28-14-21(24)23-18-9-6-15-4-3-5-17(15)12-18/h6-13H,3-5,14H2,1-2H3,(H,23,24)/b11-8+. The molecule has 0 aliphatic heterocycles. The van der Waals surface area contributed by atoms with Crippen molar-refractivity contribution in [1.82, 2.24) is 0 Å². The van der Waals surface area contributed by atoms with Gasteiger partial charge in [0.2, 0.25) is 0 Å². The van der Waals surface area contributed by atoms with Crippen molar-refractivity contribution in [3.05, 3.63) is 59.2 Å². The molecule has 0 spiro atoms. The van der Waals surface area contributed by atoms with Gasteiger partial charge in [0.15, 0.2) is 6.61 Å². The average molecular weight is 381 g/mol. The first-order valence-electron chi connectivity index (χ1n) is 9.07. The fraction of sp³-hybridized carbons (Fsp3) is 0.273. The first-order chi connectivity index (χ1) is 13.6. The average Bonchev–Trinajstić information content (AvgIpc) is 3.18. The van der Waals surface area contributed by atoms with Crippen molar-refractivity contribution in [3.63, 3.8) is 0 Å². The predicted octanol–water partition coefficient (Wildman–Crippen LogP) is 3.39. The van der Waals surface area contributed by atoms with Crippen molar-refractivity contribution >= 4 is 23.6 Å². The Balaban J connectivity index is 1.51. The molecule has 1 amide bonds. The molecule has 0 saturated carbocycles. The molecule has 0 fully saturated rings. The van der Waals surface area contributed by atoms with Crippen LogP contribution in [0.3, 0.4) is 0 Å². The number of esters is 1. The van der Waals surface area contributed by atoms with Crippen LogP contribution < -0.4 is 14.8 Å². The maximum absolute atomic E-state index is 12.0. The topological polar surface area (TPSA) is 73.9 Å². The fourth-order valence-electron chi connectivity index (χ4n) is 3.15. The van der Waals surface area contributed by atoms with E-state index in [4.69, 9.17) is 14.2 Å². The molecule has 0 bridgehead atoms. The first-order valence-corrected chi connectivity index (χ1v) is 9.07. The third kappa shape index (κ3) is 4.91. The molecule has 1 N–H and O–H groups in total. The van der Waals surface area contributed by atoms with Gasteiger partial charge in [-0.15, -0.1) is 0 Å². The smallest absolute Gasteiger partial charge is 0.331 e. The molecule has 2 aromatic carbocycles. The molecule has 0 heterocycles. The van der Waals surface area contributed by atoms with Crippen molar-refractivity contribution in [2.24, 2.45) is 0 Å². The second-order valence-electron chi connectivity index (χ2n) is 6.43. The van der Waals surface area contributed by atoms with E-state index in [2.05, 4.69) is 5.32 Å². The summed E-state index contributed by atoms with van der Waals surface area (Å²) in [6.07, 6.45) is 6.10. The van der Waals surface area contributed by atoms with Crippen molar-refractivity contribution in [2.45, 2.75) is 19.3 Å². The van der Waals surface area contributed by atoms with Crippen LogP contribution >= 0.6 is 0 Å². The quantitative estimate of drug-likeness (QED) is 0.588. The number of rotatable bonds is 7. The summed E-state index contributed by atoms with van der Waals surface area (Å²) in [4.78, 5) is 23.9. The third-order valence-electron chi connectivity index (χ3n) is 4.57. The van der Waals surface area contributed by atoms with Gasteiger partial charge < -0.3 is 19.5 Å². The van der Waals surface area contributed by atoms with E-state index >= 15 is 0 Å². The van der Waals surface area contributed by atoms with Crippen LogP contribution in [0, 0.1) is 0 Å². The van der Waals surface area contributed by atoms with Gasteiger partial charge in [0.1, 0.15) is 11.5 Å². The predicted molar refractivity (Wildman–Crippen MR) is 107 cm³/mol. The monoisotopic (exact) mass is 381 g/mol. The molecule has 0 saturated heterocycles. The second-order valence-corrected chi connectivity index (χ2v) is 6.43. The fourth-order valence-corrected chi connectivity index (χ4v) is 3.15. The summed E-state index contributed by atoms with van der Waals surface area (Å²) >= 11 is 0. The van der Waals surface area contributed by atoms with E-state index in [-0.39, 0.29) is 12.5 Å². The summed E-state index contributed by atoms with van der Waals surface area (Å²) < 4.78 is 15.4. The van der Waals surface area contributed by atoms with E-state index in [9.17, 15) is 9.59 Å². The number of ether oxygens (including phenoxy) is 3. The number of benzene rings is 2. The second kappa shape index (κ2) is 9.08. The molecule has 6 nitrogen and oxygen atoms in total. The lowest BCUT2D eigenvalue weighted by molar-refractivity contribution is -0.142. The molecule has 1 aliphatic carbocycles. The Morgan fingerprint density at radius 3 is 2.64 bits per heavy atom. The molecule has 0 atom stereocenters. The summed E-state index contributed by atoms with van der Waals surface area (Å²) in [5.74, 6) is 0.237. The lowest BCUT2D eigenvalue weighted by atomic mass is 10.1. The van der Waals surface area contributed by atoms with Gasteiger partial charge in [0, 0.05) is 23.4 Å². The number of fused-ring (bicyclic) bond motifs is 1. The number of aryl methyl sites for hydroxylation is 2. The third-order valence-corrected chi connectivity index (χ3v) is 4.57. The number of hydrogen-bond acceptors (Lipinski definition) is 5. The summed E-state index contributed by atoms with van der Waals surface area (Å²) in [7, 11) is 3.10. The number of methoxy groups -OCH3 is 2. The van der Waals surface area contributed by atoms with Crippen LogP contribution in [-0.4, -0.2) is 32.7 Å². The van der Waals surface area contributed by atoms with E-state index in [1.54, 1.807) is 31.4 Å². The first kappa shape index (κ1) is 19.5. The highest BCUT2D eigenvalue weighted by atomic mass is 16.5. The molecule has 1 aliphatic rings. The number of carbonyl (C=O) groups excluding carboxylic acids is 2. The van der Waals surface area contributed by atoms with Gasteiger partial charge in [-0.05, 0) is 60.7 Å². The van der Waals surface area contributed by atoms with Crippen LogP contribution in [0.25, 0.3) is 6.08 Å². The van der Waals surface area contributed by atoms with E-state index in [0.29, 0.717) is 17.1 Å². The zero-order valence-electron chi connectivity index (χ0n) is 16.0. The van der Waals surface area contributed by atoms with E-state index < -0.39 is 5.97 Å². The van der Waals surface area contributed by atoms with E-state index in [1.165, 1.54) is 24.3 Å². The zero-order chi connectivity index (χ0) is 19.9. The molecule has 3 rings (SSSR count). The minimum atomic E-state index is -0.609. The number of nitrogens with one attached hydrogen (secondary N) is 1. The SMILES string of the molecule is COc1ccc(/C=C/C(=O)OCC(=O)Nc2ccc3c(c2)CCC3)c(OC)c1. The Bertz CT molecular complexity index is 904. The lowest BCUT2D eigenvalue weighted by Gasteiger charge is -2.08. The summed E-state index contributed by atoms with van der Waals surface area (Å²) in [5, 5.41) is 2.76. The Morgan fingerprint density at radius 1 is 1.04 bits per heavy atom. The van der Waals surface area contributed by atoms with Crippen LogP contribution in [-0.2, 0) is 27.2 Å². The van der Waals surface area contributed by atoms with Crippen LogP contribution in [0.4, 0.5) is 5.69 Å². The molecular weight excluding hydrogens is 358 g/mol. The van der Waals surface area contributed by atoms with Crippen LogP contribution in [0.2, 0.25) is 0 Å². The Labute approximate surface area is 164 Å². The highest BCUT2D eigenvalue weighted by Gasteiger charge is 2.12. The highest BCUT2D eigenvalue weighted by Crippen LogP contribution is 2.26. The summed E-state index contributed by atoms with van der Waals surface area (Å²) in [5.41, 5.74) is 4.03. The summed E-state index contributed by atoms with van der Waals surface area (Å²) in [6, 6.07) is 11.1. The molecule has 0 radical (unpaired) electrons. The molecule has 6 heteroatoms. The zero-order valence-corrected chi connectivity index (χ0v) is 16.0. The van der Waals surface area contributed by atoms with Gasteiger partial charge in [0.05, 0.1) is 14.2 Å². The van der Waals surface area contributed by atoms with Crippen molar-refractivity contribution in [2.75, 3.05) is 26.1 Å². The Kier molecular flexibility index (Phi) is 6.32. The molecule has 0 aromatic heterocycles. The maximum atomic E-state index is 12.0. The van der Waals surface area contributed by atoms with Crippen LogP contribution in [0.5, 0.6) is 11.5 Å².